The zero-order valence-electron chi connectivity index (χ0n) is 13.0. The first-order valence-corrected chi connectivity index (χ1v) is 9.72. The lowest BCUT2D eigenvalue weighted by atomic mass is 10.2. The van der Waals surface area contributed by atoms with E-state index in [4.69, 9.17) is 0 Å². The number of carbonyl (C=O) groups is 2. The van der Waals surface area contributed by atoms with Crippen LogP contribution in [0.2, 0.25) is 0 Å². The average molecular weight is 335 g/mol. The number of aliphatic carboxylic acids is 1. The van der Waals surface area contributed by atoms with Crippen LogP contribution in [0.25, 0.3) is 0 Å². The number of amides is 2. The Morgan fingerprint density at radius 1 is 1.48 bits per heavy atom. The number of carboxylic acids is 1. The van der Waals surface area contributed by atoms with Gasteiger partial charge in [0.25, 0.3) is 0 Å². The molecule has 1 rings (SSSR count). The van der Waals surface area contributed by atoms with E-state index in [1.165, 1.54) is 4.90 Å². The van der Waals surface area contributed by atoms with Crippen LogP contribution in [0.4, 0.5) is 4.79 Å². The number of hydrogen-bond donors (Lipinski definition) is 2. The van der Waals surface area contributed by atoms with Crippen LogP contribution < -0.4 is 5.32 Å². The van der Waals surface area contributed by atoms with Gasteiger partial charge in [-0.1, -0.05) is 20.3 Å². The molecule has 5 nitrogen and oxygen atoms in total. The summed E-state index contributed by atoms with van der Waals surface area (Å²) in [5.41, 5.74) is 0. The molecule has 0 aromatic heterocycles. The van der Waals surface area contributed by atoms with Crippen LogP contribution in [-0.4, -0.2) is 56.7 Å². The maximum atomic E-state index is 12.4. The van der Waals surface area contributed by atoms with Crippen molar-refractivity contribution in [2.24, 2.45) is 0 Å². The van der Waals surface area contributed by atoms with E-state index in [0.717, 1.165) is 30.8 Å². The molecule has 1 aliphatic heterocycles. The number of nitrogens with one attached hydrogen (secondary N) is 1. The molecule has 1 heterocycles. The highest BCUT2D eigenvalue weighted by Crippen LogP contribution is 2.32. The quantitative estimate of drug-likeness (QED) is 0.668. The number of rotatable bonds is 8. The monoisotopic (exact) mass is 334 g/mol. The summed E-state index contributed by atoms with van der Waals surface area (Å²) in [6, 6.07) is -0.873. The van der Waals surface area contributed by atoms with E-state index in [1.807, 2.05) is 18.7 Å². The molecule has 1 saturated heterocycles. The third-order valence-electron chi connectivity index (χ3n) is 3.42. The molecule has 21 heavy (non-hydrogen) atoms. The molecule has 0 saturated carbocycles. The Bertz CT molecular complexity index is 355. The summed E-state index contributed by atoms with van der Waals surface area (Å²) in [5.74, 6) is 1.65. The van der Waals surface area contributed by atoms with Gasteiger partial charge in [-0.2, -0.15) is 11.8 Å². The molecular weight excluding hydrogens is 308 g/mol. The molecule has 0 bridgehead atoms. The van der Waals surface area contributed by atoms with Crippen molar-refractivity contribution in [2.45, 2.75) is 57.5 Å². The van der Waals surface area contributed by atoms with E-state index in [2.05, 4.69) is 19.2 Å². The lowest BCUT2D eigenvalue weighted by molar-refractivity contribution is -0.141. The van der Waals surface area contributed by atoms with Gasteiger partial charge in [0.2, 0.25) is 0 Å². The normalized spacial score (nSPS) is 23.1. The summed E-state index contributed by atoms with van der Waals surface area (Å²) in [4.78, 5) is 25.3. The molecule has 122 valence electrons. The molecule has 1 fully saturated rings. The van der Waals surface area contributed by atoms with E-state index in [0.29, 0.717) is 5.75 Å². The van der Waals surface area contributed by atoms with Crippen LogP contribution in [-0.2, 0) is 4.79 Å². The summed E-state index contributed by atoms with van der Waals surface area (Å²) in [6.07, 6.45) is 2.68. The fourth-order valence-corrected chi connectivity index (χ4v) is 4.58. The second-order valence-electron chi connectivity index (χ2n) is 5.17. The first-order valence-electron chi connectivity index (χ1n) is 7.52. The number of urea groups is 1. The molecule has 2 amide bonds. The highest BCUT2D eigenvalue weighted by atomic mass is 32.2. The predicted octanol–water partition coefficient (Wildman–Crippen LogP) is 2.86. The van der Waals surface area contributed by atoms with Crippen LogP contribution in [0, 0.1) is 0 Å². The van der Waals surface area contributed by atoms with Gasteiger partial charge in [-0.15, -0.1) is 11.8 Å². The van der Waals surface area contributed by atoms with Gasteiger partial charge in [0.15, 0.2) is 0 Å². The zero-order chi connectivity index (χ0) is 15.8. The van der Waals surface area contributed by atoms with E-state index in [1.54, 1.807) is 11.8 Å². The molecule has 0 aromatic rings. The first-order chi connectivity index (χ1) is 10.0. The fraction of sp³-hybridized carbons (Fsp3) is 0.857. The summed E-state index contributed by atoms with van der Waals surface area (Å²) >= 11 is 3.42. The van der Waals surface area contributed by atoms with Crippen LogP contribution in [0.3, 0.4) is 0 Å². The number of thioether (sulfide) groups is 2. The molecule has 3 atom stereocenters. The van der Waals surface area contributed by atoms with Crippen molar-refractivity contribution in [3.8, 4) is 0 Å². The molecule has 0 spiro atoms. The van der Waals surface area contributed by atoms with Crippen molar-refractivity contribution in [3.63, 3.8) is 0 Å². The Kier molecular flexibility index (Phi) is 8.33. The van der Waals surface area contributed by atoms with Crippen molar-refractivity contribution in [2.75, 3.05) is 17.3 Å². The maximum absolute atomic E-state index is 12.4. The minimum Gasteiger partial charge on any atom is -0.480 e. The molecule has 7 heteroatoms. The number of carboxylic acid groups (broad SMARTS) is 1. The van der Waals surface area contributed by atoms with Gasteiger partial charge in [-0.3, -0.25) is 4.90 Å². The predicted molar refractivity (Wildman–Crippen MR) is 90.0 cm³/mol. The van der Waals surface area contributed by atoms with Crippen molar-refractivity contribution < 1.29 is 14.7 Å². The van der Waals surface area contributed by atoms with Crippen molar-refractivity contribution in [3.05, 3.63) is 0 Å². The van der Waals surface area contributed by atoms with Gasteiger partial charge < -0.3 is 10.4 Å². The minimum absolute atomic E-state index is 0.0201. The standard InChI is InChI=1S/C14H26N2O3S2/c1-4-6-12-16(11(9-21-12)13(17)18)14(19)15-10(3)7-8-20-5-2/h10-12H,4-9H2,1-3H3,(H,15,19)(H,17,18). The lowest BCUT2D eigenvalue weighted by Crippen LogP contribution is -2.52. The van der Waals surface area contributed by atoms with E-state index < -0.39 is 12.0 Å². The minimum atomic E-state index is -0.912. The SMILES string of the molecule is CCCC1SCC(C(=O)O)N1C(=O)NC(C)CCSCC. The molecule has 1 aliphatic rings. The Morgan fingerprint density at radius 3 is 2.76 bits per heavy atom. The second kappa shape index (κ2) is 9.46. The van der Waals surface area contributed by atoms with Gasteiger partial charge in [0.1, 0.15) is 6.04 Å². The molecule has 0 radical (unpaired) electrons. The van der Waals surface area contributed by atoms with Gasteiger partial charge in [0, 0.05) is 11.8 Å². The van der Waals surface area contributed by atoms with Crippen LogP contribution >= 0.6 is 23.5 Å². The Hall–Kier alpha value is -0.560. The Morgan fingerprint density at radius 2 is 2.19 bits per heavy atom. The summed E-state index contributed by atoms with van der Waals surface area (Å²) < 4.78 is 0. The van der Waals surface area contributed by atoms with E-state index in [9.17, 15) is 14.7 Å². The van der Waals surface area contributed by atoms with Crippen molar-refractivity contribution in [1.29, 1.82) is 0 Å². The van der Waals surface area contributed by atoms with E-state index >= 15 is 0 Å². The van der Waals surface area contributed by atoms with Gasteiger partial charge in [-0.25, -0.2) is 9.59 Å². The average Bonchev–Trinajstić information content (AvgIpc) is 2.83. The second-order valence-corrected chi connectivity index (χ2v) is 7.78. The third kappa shape index (κ3) is 5.62. The molecule has 2 N–H and O–H groups in total. The Balaban J connectivity index is 2.59. The number of hydrogen-bond acceptors (Lipinski definition) is 4. The highest BCUT2D eigenvalue weighted by molar-refractivity contribution is 8.00. The number of nitrogens with zero attached hydrogens (tertiary/aromatic N) is 1. The van der Waals surface area contributed by atoms with Crippen LogP contribution in [0.15, 0.2) is 0 Å². The topological polar surface area (TPSA) is 69.6 Å². The van der Waals surface area contributed by atoms with Crippen LogP contribution in [0.5, 0.6) is 0 Å². The fourth-order valence-electron chi connectivity index (χ4n) is 2.26. The summed E-state index contributed by atoms with van der Waals surface area (Å²) in [7, 11) is 0. The van der Waals surface area contributed by atoms with Crippen molar-refractivity contribution in [1.82, 2.24) is 10.2 Å². The summed E-state index contributed by atoms with van der Waals surface area (Å²) in [5, 5.41) is 12.2. The lowest BCUT2D eigenvalue weighted by Gasteiger charge is -2.29. The first kappa shape index (κ1) is 18.5. The van der Waals surface area contributed by atoms with Gasteiger partial charge in [0.05, 0.1) is 5.37 Å². The zero-order valence-corrected chi connectivity index (χ0v) is 14.6. The molecule has 0 aliphatic carbocycles. The largest absolute Gasteiger partial charge is 0.480 e. The smallest absolute Gasteiger partial charge is 0.327 e. The van der Waals surface area contributed by atoms with Crippen molar-refractivity contribution >= 4 is 35.5 Å². The van der Waals surface area contributed by atoms with Gasteiger partial charge in [-0.05, 0) is 31.3 Å². The Labute approximate surface area is 135 Å². The van der Waals surface area contributed by atoms with Crippen LogP contribution in [0.1, 0.15) is 40.0 Å². The molecule has 0 aromatic carbocycles. The molecular formula is C14H26N2O3S2. The van der Waals surface area contributed by atoms with E-state index in [-0.39, 0.29) is 17.4 Å². The third-order valence-corrected chi connectivity index (χ3v) is 5.71. The maximum Gasteiger partial charge on any atom is 0.327 e. The van der Waals surface area contributed by atoms with Gasteiger partial charge >= 0.3 is 12.0 Å². The molecule has 3 unspecified atom stereocenters. The number of carbonyl (C=O) groups excluding carboxylic acids is 1. The summed E-state index contributed by atoms with van der Waals surface area (Å²) in [6.45, 7) is 6.14. The highest BCUT2D eigenvalue weighted by Gasteiger charge is 2.41.